The number of benzene rings is 3. The molecule has 1 spiro atoms. The number of para-hydroxylation sites is 1. The Labute approximate surface area is 324 Å². The predicted octanol–water partition coefficient (Wildman–Crippen LogP) is 6.35. The molecular formula is C40H36Cl2N6O7. The van der Waals surface area contributed by atoms with Crippen LogP contribution in [0.1, 0.15) is 62.1 Å². The Hall–Kier alpha value is -5.34. The van der Waals surface area contributed by atoms with Crippen LogP contribution < -0.4 is 21.1 Å². The Morgan fingerprint density at radius 1 is 1.04 bits per heavy atom. The molecule has 55 heavy (non-hydrogen) atoms. The Kier molecular flexibility index (Phi) is 8.10. The summed E-state index contributed by atoms with van der Waals surface area (Å²) in [5.74, 6) is -1.24. The summed E-state index contributed by atoms with van der Waals surface area (Å²) in [5.41, 5.74) is 8.06. The molecule has 6 aromatic rings. The maximum atomic E-state index is 14.2. The van der Waals surface area contributed by atoms with Crippen LogP contribution in [0, 0.1) is 11.8 Å². The molecular weight excluding hydrogens is 747 g/mol. The summed E-state index contributed by atoms with van der Waals surface area (Å²) in [6.45, 7) is 7.39. The first-order valence-electron chi connectivity index (χ1n) is 17.9. The molecule has 3 aromatic carbocycles. The highest BCUT2D eigenvalue weighted by atomic mass is 35.5. The van der Waals surface area contributed by atoms with Crippen LogP contribution in [-0.2, 0) is 21.4 Å². The number of amides is 2. The van der Waals surface area contributed by atoms with E-state index in [0.29, 0.717) is 44.5 Å². The van der Waals surface area contributed by atoms with Crippen molar-refractivity contribution in [3.05, 3.63) is 93.2 Å². The number of H-pyrrole nitrogens is 1. The number of aliphatic hydroxyl groups is 1. The van der Waals surface area contributed by atoms with Gasteiger partial charge in [-0.2, -0.15) is 4.98 Å². The van der Waals surface area contributed by atoms with Gasteiger partial charge >= 0.3 is 0 Å². The van der Waals surface area contributed by atoms with Crippen molar-refractivity contribution >= 4 is 45.9 Å². The van der Waals surface area contributed by atoms with E-state index in [1.54, 1.807) is 18.2 Å². The number of halogens is 2. The van der Waals surface area contributed by atoms with Gasteiger partial charge in [0.2, 0.25) is 24.0 Å². The number of ether oxygens (including phenoxy) is 1. The highest BCUT2D eigenvalue weighted by molar-refractivity contribution is 6.37. The van der Waals surface area contributed by atoms with Crippen LogP contribution in [0.25, 0.3) is 44.9 Å². The van der Waals surface area contributed by atoms with Gasteiger partial charge in [-0.05, 0) is 35.1 Å². The van der Waals surface area contributed by atoms with Crippen molar-refractivity contribution in [2.75, 3.05) is 0 Å². The van der Waals surface area contributed by atoms with Crippen LogP contribution in [0.5, 0.6) is 11.5 Å². The summed E-state index contributed by atoms with van der Waals surface area (Å²) in [7, 11) is 0. The first kappa shape index (κ1) is 35.4. The van der Waals surface area contributed by atoms with Crippen LogP contribution in [0.2, 0.25) is 10.3 Å². The third-order valence-corrected chi connectivity index (χ3v) is 11.5. The smallest absolute Gasteiger partial charge is 0.250 e. The Bertz CT molecular complexity index is 2580. The van der Waals surface area contributed by atoms with Crippen LogP contribution in [-0.4, -0.2) is 55.4 Å². The van der Waals surface area contributed by atoms with E-state index in [0.717, 1.165) is 0 Å². The zero-order valence-electron chi connectivity index (χ0n) is 30.0. The first-order valence-corrected chi connectivity index (χ1v) is 18.7. The van der Waals surface area contributed by atoms with Crippen LogP contribution in [0.15, 0.2) is 63.4 Å². The minimum atomic E-state index is -1.80. The number of phenols is 1. The SMILES string of the molecule is CC(C)C(N)C(=O)NC1Cc2ccc(O)c(c2)C23c4cccc(c4OC2O)-c2cccc4[nH]c(Cl)c(c24)-c2oc(nc2Cl)-c2nc(oc23)C(C(C)C)NC1=O. The predicted molar refractivity (Wildman–Crippen MR) is 204 cm³/mol. The Morgan fingerprint density at radius 2 is 1.80 bits per heavy atom. The van der Waals surface area contributed by atoms with E-state index in [4.69, 9.17) is 47.5 Å². The molecule has 9 rings (SSSR count). The minimum Gasteiger partial charge on any atom is -0.508 e. The summed E-state index contributed by atoms with van der Waals surface area (Å²) >= 11 is 13.8. The molecule has 282 valence electrons. The molecule has 0 fully saturated rings. The number of hydrogen-bond acceptors (Lipinski definition) is 10. The monoisotopic (exact) mass is 782 g/mol. The van der Waals surface area contributed by atoms with Crippen LogP contribution in [0.3, 0.4) is 0 Å². The topological polar surface area (TPSA) is 202 Å². The number of aromatic nitrogens is 3. The maximum absolute atomic E-state index is 14.2. The van der Waals surface area contributed by atoms with Crippen molar-refractivity contribution in [1.82, 2.24) is 25.6 Å². The third kappa shape index (κ3) is 5.13. The molecule has 10 bridgehead atoms. The van der Waals surface area contributed by atoms with E-state index in [9.17, 15) is 19.8 Å². The summed E-state index contributed by atoms with van der Waals surface area (Å²) < 4.78 is 19.8. The highest BCUT2D eigenvalue weighted by Gasteiger charge is 2.58. The molecule has 7 N–H and O–H groups in total. The molecule has 13 nitrogen and oxygen atoms in total. The Morgan fingerprint density at radius 3 is 2.56 bits per heavy atom. The number of oxazole rings is 2. The fourth-order valence-electron chi connectivity index (χ4n) is 8.06. The summed E-state index contributed by atoms with van der Waals surface area (Å²) in [6.07, 6.45) is -1.70. The van der Waals surface area contributed by atoms with Gasteiger partial charge in [0.1, 0.15) is 34.2 Å². The number of nitrogens with two attached hydrogens (primary N) is 1. The minimum absolute atomic E-state index is 0.0107. The molecule has 6 heterocycles. The van der Waals surface area contributed by atoms with E-state index >= 15 is 0 Å². The lowest BCUT2D eigenvalue weighted by molar-refractivity contribution is -0.130. The van der Waals surface area contributed by atoms with Gasteiger partial charge in [-0.25, -0.2) is 4.98 Å². The van der Waals surface area contributed by atoms with Crippen molar-refractivity contribution < 1.29 is 33.4 Å². The van der Waals surface area contributed by atoms with Gasteiger partial charge in [0.25, 0.3) is 5.89 Å². The number of aliphatic hydroxyl groups excluding tert-OH is 1. The molecule has 3 aromatic heterocycles. The zero-order chi connectivity index (χ0) is 38.7. The number of phenolic OH excluding ortho intramolecular Hbond substituents is 1. The van der Waals surface area contributed by atoms with Gasteiger partial charge in [0.05, 0.1) is 11.6 Å². The van der Waals surface area contributed by atoms with Crippen molar-refractivity contribution in [3.8, 4) is 45.5 Å². The highest BCUT2D eigenvalue weighted by Crippen LogP contribution is 2.59. The lowest BCUT2D eigenvalue weighted by Crippen LogP contribution is -2.54. The molecule has 5 atom stereocenters. The third-order valence-electron chi connectivity index (χ3n) is 10.9. The summed E-state index contributed by atoms with van der Waals surface area (Å²) in [4.78, 5) is 40.3. The number of nitrogens with zero attached hydrogens (tertiary/aromatic N) is 2. The molecule has 3 aliphatic heterocycles. The van der Waals surface area contributed by atoms with Crippen molar-refractivity contribution in [3.63, 3.8) is 0 Å². The largest absolute Gasteiger partial charge is 0.508 e. The number of carbonyl (C=O) groups excluding carboxylic acids is 2. The molecule has 0 saturated heterocycles. The summed E-state index contributed by atoms with van der Waals surface area (Å²) in [5, 5.41) is 31.2. The first-order chi connectivity index (χ1) is 26.3. The van der Waals surface area contributed by atoms with E-state index in [1.165, 1.54) is 6.07 Å². The van der Waals surface area contributed by atoms with Crippen molar-refractivity contribution in [2.45, 2.75) is 63.9 Å². The van der Waals surface area contributed by atoms with E-state index in [1.807, 2.05) is 58.0 Å². The Balaban J connectivity index is 1.40. The molecule has 0 aliphatic carbocycles. The lowest BCUT2D eigenvalue weighted by atomic mass is 9.70. The average molecular weight is 784 g/mol. The zero-order valence-corrected chi connectivity index (χ0v) is 31.5. The molecule has 15 heteroatoms. The lowest BCUT2D eigenvalue weighted by Gasteiger charge is -2.32. The number of aromatic amines is 1. The number of fused-ring (bicyclic) bond motifs is 8. The van der Waals surface area contributed by atoms with E-state index < -0.39 is 41.6 Å². The van der Waals surface area contributed by atoms with Crippen LogP contribution in [0.4, 0.5) is 0 Å². The van der Waals surface area contributed by atoms with Gasteiger partial charge in [0.15, 0.2) is 22.4 Å². The molecule has 5 unspecified atom stereocenters. The van der Waals surface area contributed by atoms with Gasteiger partial charge in [0, 0.05) is 34.0 Å². The summed E-state index contributed by atoms with van der Waals surface area (Å²) in [6, 6.07) is 13.1. The number of hydrogen-bond donors (Lipinski definition) is 6. The number of carbonyl (C=O) groups is 2. The van der Waals surface area contributed by atoms with Gasteiger partial charge in [-0.3, -0.25) is 9.59 Å². The van der Waals surface area contributed by atoms with Gasteiger partial charge in [-0.1, -0.05) is 93.4 Å². The second-order valence-electron chi connectivity index (χ2n) is 15.0. The number of aromatic hydroxyl groups is 1. The maximum Gasteiger partial charge on any atom is 0.250 e. The fourth-order valence-corrected chi connectivity index (χ4v) is 8.55. The van der Waals surface area contributed by atoms with E-state index in [2.05, 4.69) is 20.6 Å². The van der Waals surface area contributed by atoms with Crippen molar-refractivity contribution in [2.24, 2.45) is 17.6 Å². The molecule has 3 aliphatic rings. The van der Waals surface area contributed by atoms with E-state index in [-0.39, 0.29) is 68.9 Å². The number of nitrogens with one attached hydrogen (secondary N) is 3. The quantitative estimate of drug-likeness (QED) is 0.117. The van der Waals surface area contributed by atoms with Gasteiger partial charge in [-0.15, -0.1) is 0 Å². The molecule has 2 amide bonds. The molecule has 0 saturated carbocycles. The average Bonchev–Trinajstić information content (AvgIpc) is 3.90. The second-order valence-corrected chi connectivity index (χ2v) is 15.7. The normalized spacial score (nSPS) is 21.6. The van der Waals surface area contributed by atoms with Crippen molar-refractivity contribution in [1.29, 1.82) is 0 Å². The standard InChI is InChI=1S/C40H36Cl2N6O7/c1-15(2)27(43)36(51)45-23-14-17-11-12-24(49)21(13-17)40-20-9-5-8-19(30(20)54-39(40)52)18-7-6-10-22-25(18)26(33(41)44-22)31-34(42)48-38(53-31)29-32(40)55-37(47-29)28(16(3)4)46-35(23)50/h5-13,15-16,23,27-28,39,44,49,52H,14,43H2,1-4H3,(H,45,51)(H,46,50). The fraction of sp³-hybridized carbons (Fsp3) is 0.300. The van der Waals surface area contributed by atoms with Crippen LogP contribution >= 0.6 is 23.2 Å². The number of rotatable bonds is 4. The second kappa shape index (κ2) is 12.6. The molecule has 0 radical (unpaired) electrons. The van der Waals surface area contributed by atoms with Gasteiger partial charge < -0.3 is 45.1 Å².